The van der Waals surface area contributed by atoms with Crippen LogP contribution in [0.25, 0.3) is 0 Å². The topological polar surface area (TPSA) is 69.7 Å². The maximum atomic E-state index is 13.0. The number of rotatable bonds is 8. The van der Waals surface area contributed by atoms with Crippen LogP contribution in [0.1, 0.15) is 55.5 Å². The van der Waals surface area contributed by atoms with E-state index in [1.807, 2.05) is 13.8 Å². The van der Waals surface area contributed by atoms with Crippen LogP contribution >= 0.6 is 0 Å². The largest absolute Gasteiger partial charge is 0.426 e. The third-order valence-electron chi connectivity index (χ3n) is 3.62. The Balaban J connectivity index is 2.32. The molecule has 136 valence electrons. The van der Waals surface area contributed by atoms with Gasteiger partial charge in [-0.25, -0.2) is 0 Å². The average molecular weight is 354 g/mol. The van der Waals surface area contributed by atoms with E-state index in [0.717, 1.165) is 0 Å². The van der Waals surface area contributed by atoms with Crippen molar-refractivity contribution in [3.8, 4) is 11.5 Å². The van der Waals surface area contributed by atoms with Crippen molar-refractivity contribution in [1.29, 1.82) is 0 Å². The zero-order valence-corrected chi connectivity index (χ0v) is 15.0. The number of para-hydroxylation sites is 2. The summed E-state index contributed by atoms with van der Waals surface area (Å²) < 4.78 is 10.6. The minimum atomic E-state index is -0.393. The van der Waals surface area contributed by atoms with E-state index in [9.17, 15) is 14.4 Å². The first kappa shape index (κ1) is 19.4. The van der Waals surface area contributed by atoms with Crippen molar-refractivity contribution in [2.75, 3.05) is 0 Å². The van der Waals surface area contributed by atoms with Crippen molar-refractivity contribution >= 4 is 17.7 Å². The molecular weight excluding hydrogens is 332 g/mol. The molecule has 26 heavy (non-hydrogen) atoms. The Bertz CT molecular complexity index is 729. The van der Waals surface area contributed by atoms with Crippen molar-refractivity contribution in [1.82, 2.24) is 0 Å². The number of hydrogen-bond donors (Lipinski definition) is 0. The zero-order chi connectivity index (χ0) is 18.9. The fourth-order valence-electron chi connectivity index (χ4n) is 2.39. The number of carbonyl (C=O) groups is 3. The molecule has 2 aromatic carbocycles. The van der Waals surface area contributed by atoms with Crippen LogP contribution in [0.15, 0.2) is 48.5 Å². The van der Waals surface area contributed by atoms with E-state index in [4.69, 9.17) is 9.47 Å². The molecule has 0 unspecified atom stereocenters. The van der Waals surface area contributed by atoms with E-state index in [1.54, 1.807) is 48.5 Å². The summed E-state index contributed by atoms with van der Waals surface area (Å²) in [7, 11) is 0. The predicted molar refractivity (Wildman–Crippen MR) is 97.4 cm³/mol. The summed E-state index contributed by atoms with van der Waals surface area (Å²) in [4.78, 5) is 36.6. The summed E-state index contributed by atoms with van der Waals surface area (Å²) in [5, 5.41) is 0. The summed E-state index contributed by atoms with van der Waals surface area (Å²) in [6.45, 7) is 3.75. The van der Waals surface area contributed by atoms with Gasteiger partial charge in [0.05, 0.1) is 11.1 Å². The lowest BCUT2D eigenvalue weighted by Crippen LogP contribution is -2.13. The summed E-state index contributed by atoms with van der Waals surface area (Å²) in [5.41, 5.74) is 0.492. The highest BCUT2D eigenvalue weighted by molar-refractivity contribution is 6.12. The molecule has 2 rings (SSSR count). The molecule has 0 saturated heterocycles. The van der Waals surface area contributed by atoms with Gasteiger partial charge in [0.15, 0.2) is 0 Å². The molecule has 0 aromatic heterocycles. The third kappa shape index (κ3) is 5.02. The zero-order valence-electron chi connectivity index (χ0n) is 15.0. The molecule has 0 amide bonds. The van der Waals surface area contributed by atoms with Crippen LogP contribution in [0, 0.1) is 0 Å². The molecule has 0 heterocycles. The maximum absolute atomic E-state index is 13.0. The molecule has 2 aromatic rings. The molecular formula is C21H22O5. The van der Waals surface area contributed by atoms with E-state index >= 15 is 0 Å². The normalized spacial score (nSPS) is 10.2. The minimum Gasteiger partial charge on any atom is -0.426 e. The number of carbonyl (C=O) groups excluding carboxylic acids is 3. The van der Waals surface area contributed by atoms with Crippen LogP contribution in [-0.2, 0) is 9.59 Å². The van der Waals surface area contributed by atoms with Crippen molar-refractivity contribution in [3.63, 3.8) is 0 Å². The van der Waals surface area contributed by atoms with Crippen molar-refractivity contribution in [2.45, 2.75) is 39.5 Å². The average Bonchev–Trinajstić information content (AvgIpc) is 2.62. The summed E-state index contributed by atoms with van der Waals surface area (Å²) >= 11 is 0. The van der Waals surface area contributed by atoms with Gasteiger partial charge in [-0.1, -0.05) is 38.1 Å². The molecule has 0 N–H and O–H groups in total. The molecule has 0 aliphatic carbocycles. The van der Waals surface area contributed by atoms with Crippen LogP contribution in [0.5, 0.6) is 11.5 Å². The fraction of sp³-hybridized carbons (Fsp3) is 0.286. The SMILES string of the molecule is CCCC(=O)Oc1ccccc1C(=O)c1ccccc1OC(=O)CCC. The van der Waals surface area contributed by atoms with E-state index in [1.165, 1.54) is 0 Å². The van der Waals surface area contributed by atoms with Crippen LogP contribution in [-0.4, -0.2) is 17.7 Å². The van der Waals surface area contributed by atoms with E-state index in [2.05, 4.69) is 0 Å². The molecule has 0 aliphatic rings. The van der Waals surface area contributed by atoms with Gasteiger partial charge in [-0.3, -0.25) is 14.4 Å². The maximum Gasteiger partial charge on any atom is 0.311 e. The first-order valence-corrected chi connectivity index (χ1v) is 8.70. The molecule has 5 nitrogen and oxygen atoms in total. The van der Waals surface area contributed by atoms with Gasteiger partial charge in [0.25, 0.3) is 0 Å². The van der Waals surface area contributed by atoms with Crippen molar-refractivity contribution < 1.29 is 23.9 Å². The predicted octanol–water partition coefficient (Wildman–Crippen LogP) is 4.33. The summed E-state index contributed by atoms with van der Waals surface area (Å²) in [6, 6.07) is 13.1. The first-order chi connectivity index (χ1) is 12.6. The second-order valence-electron chi connectivity index (χ2n) is 5.77. The van der Waals surface area contributed by atoms with Gasteiger partial charge in [0, 0.05) is 12.8 Å². The van der Waals surface area contributed by atoms with Crippen LogP contribution in [0.2, 0.25) is 0 Å². The number of hydrogen-bond acceptors (Lipinski definition) is 5. The second-order valence-corrected chi connectivity index (χ2v) is 5.77. The first-order valence-electron chi connectivity index (χ1n) is 8.70. The Morgan fingerprint density at radius 2 is 1.08 bits per heavy atom. The smallest absolute Gasteiger partial charge is 0.311 e. The fourth-order valence-corrected chi connectivity index (χ4v) is 2.39. The Kier molecular flexibility index (Phi) is 7.09. The summed E-state index contributed by atoms with van der Waals surface area (Å²) in [6.07, 6.45) is 1.86. The van der Waals surface area contributed by atoms with Crippen LogP contribution < -0.4 is 9.47 Å². The van der Waals surface area contributed by atoms with Crippen LogP contribution in [0.3, 0.4) is 0 Å². The van der Waals surface area contributed by atoms with Gasteiger partial charge < -0.3 is 9.47 Å². The van der Waals surface area contributed by atoms with Crippen LogP contribution in [0.4, 0.5) is 0 Å². The van der Waals surface area contributed by atoms with Gasteiger partial charge in [-0.15, -0.1) is 0 Å². The highest BCUT2D eigenvalue weighted by atomic mass is 16.5. The lowest BCUT2D eigenvalue weighted by Gasteiger charge is -2.12. The Morgan fingerprint density at radius 1 is 0.692 bits per heavy atom. The van der Waals surface area contributed by atoms with Crippen molar-refractivity contribution in [2.24, 2.45) is 0 Å². The third-order valence-corrected chi connectivity index (χ3v) is 3.62. The van der Waals surface area contributed by atoms with Gasteiger partial charge in [-0.05, 0) is 37.1 Å². The van der Waals surface area contributed by atoms with Gasteiger partial charge >= 0.3 is 11.9 Å². The Hall–Kier alpha value is -2.95. The highest BCUT2D eigenvalue weighted by Crippen LogP contribution is 2.27. The monoisotopic (exact) mass is 354 g/mol. The molecule has 0 radical (unpaired) electrons. The molecule has 0 spiro atoms. The van der Waals surface area contributed by atoms with Gasteiger partial charge in [0.1, 0.15) is 11.5 Å². The highest BCUT2D eigenvalue weighted by Gasteiger charge is 2.20. The lowest BCUT2D eigenvalue weighted by molar-refractivity contribution is -0.135. The molecule has 0 aliphatic heterocycles. The number of benzene rings is 2. The lowest BCUT2D eigenvalue weighted by atomic mass is 10.0. The van der Waals surface area contributed by atoms with E-state index < -0.39 is 11.9 Å². The minimum absolute atomic E-state index is 0.200. The number of ether oxygens (including phenoxy) is 2. The molecule has 5 heteroatoms. The Labute approximate surface area is 152 Å². The molecule has 0 saturated carbocycles. The van der Waals surface area contributed by atoms with E-state index in [0.29, 0.717) is 12.8 Å². The number of ketones is 1. The Morgan fingerprint density at radius 3 is 1.46 bits per heavy atom. The standard InChI is InChI=1S/C21H22O5/c1-3-9-19(22)25-17-13-7-5-11-15(17)21(24)16-12-6-8-14-18(16)26-20(23)10-4-2/h5-8,11-14H,3-4,9-10H2,1-2H3. The van der Waals surface area contributed by atoms with Crippen molar-refractivity contribution in [3.05, 3.63) is 59.7 Å². The quantitative estimate of drug-likeness (QED) is 0.401. The molecule has 0 bridgehead atoms. The molecule has 0 atom stereocenters. The molecule has 0 fully saturated rings. The number of esters is 2. The van der Waals surface area contributed by atoms with E-state index in [-0.39, 0.29) is 41.3 Å². The van der Waals surface area contributed by atoms with Gasteiger partial charge in [0.2, 0.25) is 5.78 Å². The second kappa shape index (κ2) is 9.51. The summed E-state index contributed by atoms with van der Waals surface area (Å²) in [5.74, 6) is -0.758. The van der Waals surface area contributed by atoms with Gasteiger partial charge in [-0.2, -0.15) is 0 Å².